The minimum absolute atomic E-state index is 0.0530. The van der Waals surface area contributed by atoms with Gasteiger partial charge in [0.2, 0.25) is 0 Å². The summed E-state index contributed by atoms with van der Waals surface area (Å²) in [6.45, 7) is 1.88. The quantitative estimate of drug-likeness (QED) is 0.213. The first-order chi connectivity index (χ1) is 18.7. The standard InChI is InChI=1S/C29H42ClN3O5S/c1-31-19-26(14-21-8-5-4-6-9-21)33-29(34)24-15-23(17-27(18-24)39(3,35)36)28(38-13-12-32-20-37-2)22-10-7-11-25(30)16-22/h7,10-11,15-18,21,26,28,31-32H,4-6,8-9,12-14,19-20H2,1-3H3,(H,33,34). The SMILES string of the molecule is CNCC(CC1CCCCC1)NC(=O)c1cc(C(OCCNCOC)c2cccc(Cl)c2)cc(S(C)(=O)=O)c1. The van der Waals surface area contributed by atoms with Gasteiger partial charge in [-0.3, -0.25) is 10.1 Å². The summed E-state index contributed by atoms with van der Waals surface area (Å²) >= 11 is 6.28. The van der Waals surface area contributed by atoms with Gasteiger partial charge in [0.25, 0.3) is 5.91 Å². The molecule has 0 aliphatic heterocycles. The van der Waals surface area contributed by atoms with Crippen LogP contribution in [0, 0.1) is 5.92 Å². The first kappa shape index (κ1) is 31.5. The third-order valence-electron chi connectivity index (χ3n) is 7.01. The minimum Gasteiger partial charge on any atom is -0.370 e. The number of hydrogen-bond acceptors (Lipinski definition) is 7. The van der Waals surface area contributed by atoms with Crippen molar-refractivity contribution in [2.75, 3.05) is 46.8 Å². The van der Waals surface area contributed by atoms with Gasteiger partial charge in [-0.15, -0.1) is 0 Å². The zero-order valence-corrected chi connectivity index (χ0v) is 24.7. The molecule has 2 unspecified atom stereocenters. The predicted octanol–water partition coefficient (Wildman–Crippen LogP) is 4.33. The average molecular weight is 580 g/mol. The second-order valence-electron chi connectivity index (χ2n) is 10.3. The molecule has 39 heavy (non-hydrogen) atoms. The maximum atomic E-state index is 13.5. The zero-order chi connectivity index (χ0) is 28.3. The maximum Gasteiger partial charge on any atom is 0.251 e. The smallest absolute Gasteiger partial charge is 0.251 e. The lowest BCUT2D eigenvalue weighted by atomic mass is 9.84. The van der Waals surface area contributed by atoms with E-state index in [4.69, 9.17) is 21.1 Å². The fraction of sp³-hybridized carbons (Fsp3) is 0.552. The van der Waals surface area contributed by atoms with E-state index >= 15 is 0 Å². The molecule has 1 saturated carbocycles. The number of methoxy groups -OCH3 is 1. The lowest BCUT2D eigenvalue weighted by Gasteiger charge is -2.27. The van der Waals surface area contributed by atoms with Crippen molar-refractivity contribution in [3.63, 3.8) is 0 Å². The van der Waals surface area contributed by atoms with Gasteiger partial charge in [-0.05, 0) is 60.8 Å². The van der Waals surface area contributed by atoms with E-state index in [2.05, 4.69) is 16.0 Å². The highest BCUT2D eigenvalue weighted by Crippen LogP contribution is 2.31. The monoisotopic (exact) mass is 579 g/mol. The molecule has 0 bridgehead atoms. The molecule has 0 spiro atoms. The van der Waals surface area contributed by atoms with Crippen LogP contribution < -0.4 is 16.0 Å². The van der Waals surface area contributed by atoms with Crippen LogP contribution in [-0.4, -0.2) is 67.2 Å². The summed E-state index contributed by atoms with van der Waals surface area (Å²) < 4.78 is 36.6. The Labute approximate surface area is 238 Å². The van der Waals surface area contributed by atoms with Crippen LogP contribution in [0.15, 0.2) is 47.4 Å². The number of benzene rings is 2. The van der Waals surface area contributed by atoms with Crippen LogP contribution in [0.2, 0.25) is 5.02 Å². The Hall–Kier alpha value is -2.01. The highest BCUT2D eigenvalue weighted by atomic mass is 35.5. The Morgan fingerprint density at radius 2 is 1.87 bits per heavy atom. The Kier molecular flexibility index (Phi) is 12.7. The molecule has 8 nitrogen and oxygen atoms in total. The summed E-state index contributed by atoms with van der Waals surface area (Å²) in [4.78, 5) is 13.6. The van der Waals surface area contributed by atoms with E-state index in [0.29, 0.717) is 42.9 Å². The van der Waals surface area contributed by atoms with Crippen molar-refractivity contribution in [2.45, 2.75) is 55.6 Å². The van der Waals surface area contributed by atoms with Crippen LogP contribution >= 0.6 is 11.6 Å². The van der Waals surface area contributed by atoms with Gasteiger partial charge in [0.05, 0.1) is 18.2 Å². The minimum atomic E-state index is -3.60. The summed E-state index contributed by atoms with van der Waals surface area (Å²) in [5.74, 6) is 0.284. The molecule has 0 heterocycles. The first-order valence-corrected chi connectivity index (χ1v) is 15.9. The van der Waals surface area contributed by atoms with E-state index in [1.807, 2.05) is 19.2 Å². The molecular weight excluding hydrogens is 538 g/mol. The number of nitrogens with one attached hydrogen (secondary N) is 3. The van der Waals surface area contributed by atoms with Gasteiger partial charge in [0.15, 0.2) is 9.84 Å². The van der Waals surface area contributed by atoms with Crippen molar-refractivity contribution >= 4 is 27.3 Å². The van der Waals surface area contributed by atoms with Crippen LogP contribution in [0.1, 0.15) is 66.1 Å². The van der Waals surface area contributed by atoms with Crippen LogP contribution in [0.5, 0.6) is 0 Å². The second kappa shape index (κ2) is 15.7. The largest absolute Gasteiger partial charge is 0.370 e. The molecule has 0 radical (unpaired) electrons. The van der Waals surface area contributed by atoms with Crippen molar-refractivity contribution in [1.29, 1.82) is 0 Å². The number of amides is 1. The average Bonchev–Trinajstić information content (AvgIpc) is 2.90. The molecule has 1 fully saturated rings. The molecule has 2 aromatic carbocycles. The van der Waals surface area contributed by atoms with Gasteiger partial charge in [0.1, 0.15) is 6.10 Å². The van der Waals surface area contributed by atoms with E-state index in [9.17, 15) is 13.2 Å². The molecule has 2 atom stereocenters. The van der Waals surface area contributed by atoms with Gasteiger partial charge in [-0.2, -0.15) is 0 Å². The lowest BCUT2D eigenvalue weighted by molar-refractivity contribution is 0.0743. The number of ether oxygens (including phenoxy) is 2. The number of carbonyl (C=O) groups excluding carboxylic acids is 1. The van der Waals surface area contributed by atoms with Crippen LogP contribution in [0.4, 0.5) is 0 Å². The van der Waals surface area contributed by atoms with Gasteiger partial charge < -0.3 is 20.1 Å². The van der Waals surface area contributed by atoms with Gasteiger partial charge in [0, 0.05) is 43.1 Å². The first-order valence-electron chi connectivity index (χ1n) is 13.6. The Morgan fingerprint density at radius 3 is 2.54 bits per heavy atom. The van der Waals surface area contributed by atoms with E-state index in [1.165, 1.54) is 38.2 Å². The molecular formula is C29H42ClN3O5S. The number of rotatable bonds is 15. The van der Waals surface area contributed by atoms with Gasteiger partial charge in [-0.1, -0.05) is 55.8 Å². The Balaban J connectivity index is 1.92. The van der Waals surface area contributed by atoms with Gasteiger partial charge in [-0.25, -0.2) is 8.42 Å². The highest BCUT2D eigenvalue weighted by Gasteiger charge is 2.24. The fourth-order valence-corrected chi connectivity index (χ4v) is 6.02. The fourth-order valence-electron chi connectivity index (χ4n) is 5.13. The molecule has 0 saturated heterocycles. The molecule has 3 rings (SSSR count). The normalized spacial score (nSPS) is 16.1. The summed E-state index contributed by atoms with van der Waals surface area (Å²) in [6.07, 6.45) is 7.52. The predicted molar refractivity (Wildman–Crippen MR) is 155 cm³/mol. The molecule has 1 aliphatic rings. The van der Waals surface area contributed by atoms with Crippen molar-refractivity contribution in [1.82, 2.24) is 16.0 Å². The summed E-state index contributed by atoms with van der Waals surface area (Å²) in [5, 5.41) is 9.98. The number of hydrogen-bond donors (Lipinski definition) is 3. The number of carbonyl (C=O) groups is 1. The number of halogens is 1. The van der Waals surface area contributed by atoms with E-state index in [-0.39, 0.29) is 22.4 Å². The molecule has 1 aliphatic carbocycles. The molecule has 0 aromatic heterocycles. The van der Waals surface area contributed by atoms with E-state index < -0.39 is 15.9 Å². The third-order valence-corrected chi connectivity index (χ3v) is 8.34. The molecule has 1 amide bonds. The van der Waals surface area contributed by atoms with E-state index in [0.717, 1.165) is 18.2 Å². The second-order valence-corrected chi connectivity index (χ2v) is 12.7. The molecule has 216 valence electrons. The Morgan fingerprint density at radius 1 is 1.10 bits per heavy atom. The number of likely N-dealkylation sites (N-methyl/N-ethyl adjacent to an activating group) is 1. The summed E-state index contributed by atoms with van der Waals surface area (Å²) in [6, 6.07) is 11.9. The summed E-state index contributed by atoms with van der Waals surface area (Å²) in [7, 11) is -0.131. The number of sulfone groups is 1. The van der Waals surface area contributed by atoms with E-state index in [1.54, 1.807) is 31.4 Å². The Bertz CT molecular complexity index is 1170. The van der Waals surface area contributed by atoms with Crippen molar-refractivity contribution in [3.05, 3.63) is 64.2 Å². The van der Waals surface area contributed by atoms with Crippen LogP contribution in [0.25, 0.3) is 0 Å². The summed E-state index contributed by atoms with van der Waals surface area (Å²) in [5.41, 5.74) is 1.61. The maximum absolute atomic E-state index is 13.5. The molecule has 10 heteroatoms. The molecule has 2 aromatic rings. The topological polar surface area (TPSA) is 106 Å². The van der Waals surface area contributed by atoms with Crippen molar-refractivity contribution in [3.8, 4) is 0 Å². The molecule has 3 N–H and O–H groups in total. The van der Waals surface area contributed by atoms with Crippen LogP contribution in [0.3, 0.4) is 0 Å². The highest BCUT2D eigenvalue weighted by molar-refractivity contribution is 7.90. The van der Waals surface area contributed by atoms with Crippen molar-refractivity contribution in [2.24, 2.45) is 5.92 Å². The van der Waals surface area contributed by atoms with Gasteiger partial charge >= 0.3 is 0 Å². The lowest BCUT2D eigenvalue weighted by Crippen LogP contribution is -2.42. The van der Waals surface area contributed by atoms with Crippen molar-refractivity contribution < 1.29 is 22.7 Å². The third kappa shape index (κ3) is 10.2. The zero-order valence-electron chi connectivity index (χ0n) is 23.2. The van der Waals surface area contributed by atoms with Crippen LogP contribution in [-0.2, 0) is 19.3 Å².